The Kier molecular flexibility index (Phi) is 8.75. The summed E-state index contributed by atoms with van der Waals surface area (Å²) in [6.45, 7) is 5.46. The molecule has 10 heteroatoms. The summed E-state index contributed by atoms with van der Waals surface area (Å²) < 4.78 is 75.8. The van der Waals surface area contributed by atoms with Crippen LogP contribution >= 0.6 is 0 Å². The van der Waals surface area contributed by atoms with Gasteiger partial charge >= 0.3 is 0 Å². The first-order valence-corrected chi connectivity index (χ1v) is 18.3. The molecule has 6 rings (SSSR count). The summed E-state index contributed by atoms with van der Waals surface area (Å²) in [6, 6.07) is 23.7. The maximum absolute atomic E-state index is 15.5. The quantitative estimate of drug-likeness (QED) is 0.225. The number of carbonyl (C=O) groups excluding carboxylic acids is 1. The first-order valence-electron chi connectivity index (χ1n) is 15.5. The first kappa shape index (κ1) is 32.2. The number of Topliss-reactive ketones (excluding diaryl/α,β-unsaturated/α-hetero) is 1. The fourth-order valence-electron chi connectivity index (χ4n) is 6.77. The van der Waals surface area contributed by atoms with Crippen molar-refractivity contribution in [1.29, 1.82) is 0 Å². The highest BCUT2D eigenvalue weighted by Gasteiger charge is 2.54. The second-order valence-electron chi connectivity index (χ2n) is 12.3. The lowest BCUT2D eigenvalue weighted by Gasteiger charge is -2.51. The van der Waals surface area contributed by atoms with Gasteiger partial charge in [0.15, 0.2) is 0 Å². The highest BCUT2D eigenvalue weighted by molar-refractivity contribution is 7.89. The van der Waals surface area contributed by atoms with Crippen molar-refractivity contribution in [2.24, 2.45) is 5.92 Å². The van der Waals surface area contributed by atoms with Gasteiger partial charge in [-0.05, 0) is 68.1 Å². The van der Waals surface area contributed by atoms with Crippen molar-refractivity contribution in [2.75, 3.05) is 6.54 Å². The van der Waals surface area contributed by atoms with E-state index in [9.17, 15) is 21.6 Å². The Balaban J connectivity index is 1.51. The Bertz CT molecular complexity index is 1960. The molecule has 2 saturated heterocycles. The van der Waals surface area contributed by atoms with Crippen LogP contribution in [0.4, 0.5) is 4.39 Å². The fourth-order valence-corrected chi connectivity index (χ4v) is 10.3. The molecule has 2 aliphatic rings. The minimum atomic E-state index is -4.20. The number of hydrogen-bond donors (Lipinski definition) is 0. The molecule has 4 aromatic carbocycles. The zero-order valence-electron chi connectivity index (χ0n) is 26.0. The Labute approximate surface area is 270 Å². The number of sulfonamides is 2. The molecule has 0 aliphatic carbocycles. The number of nitrogens with zero attached hydrogens (tertiary/aromatic N) is 2. The molecule has 0 saturated carbocycles. The molecule has 240 valence electrons. The van der Waals surface area contributed by atoms with Crippen molar-refractivity contribution in [3.8, 4) is 0 Å². The van der Waals surface area contributed by atoms with Gasteiger partial charge in [-0.1, -0.05) is 84.8 Å². The molecule has 2 aliphatic heterocycles. The third-order valence-electron chi connectivity index (χ3n) is 9.36. The maximum atomic E-state index is 15.5. The molecule has 0 radical (unpaired) electrons. The smallest absolute Gasteiger partial charge is 0.243 e. The SMILES string of the molecule is CCc1ccc(C2CC(=O)[C@@H]3CN(S(=O)(=O)c4ccc(C)cc4)C(c4ccccc4F)C[C@@H]3N2S(=O)(=O)c2ccc(C)cc2)cc1. The molecule has 4 aromatic rings. The van der Waals surface area contributed by atoms with Gasteiger partial charge in [-0.15, -0.1) is 0 Å². The lowest BCUT2D eigenvalue weighted by molar-refractivity contribution is -0.132. The van der Waals surface area contributed by atoms with Crippen LogP contribution in [0, 0.1) is 25.6 Å². The van der Waals surface area contributed by atoms with E-state index in [0.717, 1.165) is 23.1 Å². The molecular weight excluding hydrogens is 624 g/mol. The molecule has 0 amide bonds. The van der Waals surface area contributed by atoms with Gasteiger partial charge in [0.05, 0.1) is 21.9 Å². The first-order chi connectivity index (χ1) is 21.9. The largest absolute Gasteiger partial charge is 0.299 e. The van der Waals surface area contributed by atoms with E-state index in [0.29, 0.717) is 5.56 Å². The lowest BCUT2D eigenvalue weighted by atomic mass is 9.77. The van der Waals surface area contributed by atoms with Crippen molar-refractivity contribution in [3.05, 3.63) is 131 Å². The standard InChI is InChI=1S/C36H37FN2O5S2/c1-4-26-13-15-27(16-14-26)33-22-36(40)31-23-38(45(41,42)28-17-9-24(2)10-18-28)34(30-7-5-6-8-32(30)37)21-35(31)39(33)46(43,44)29-19-11-25(3)12-20-29/h5-20,31,33-35H,4,21-23H2,1-3H3/t31-,33?,34?,35+/m1/s1. The average molecular weight is 661 g/mol. The van der Waals surface area contributed by atoms with E-state index in [1.807, 2.05) is 45.0 Å². The monoisotopic (exact) mass is 660 g/mol. The van der Waals surface area contributed by atoms with Gasteiger partial charge in [-0.2, -0.15) is 8.61 Å². The minimum absolute atomic E-state index is 0.0270. The predicted octanol–water partition coefficient (Wildman–Crippen LogP) is 6.53. The van der Waals surface area contributed by atoms with Gasteiger partial charge in [0.1, 0.15) is 11.6 Å². The average Bonchev–Trinajstić information content (AvgIpc) is 3.04. The van der Waals surface area contributed by atoms with E-state index >= 15 is 4.39 Å². The fraction of sp³-hybridized carbons (Fsp3) is 0.306. The van der Waals surface area contributed by atoms with E-state index in [-0.39, 0.29) is 40.5 Å². The number of aryl methyl sites for hydroxylation is 3. The van der Waals surface area contributed by atoms with Crippen molar-refractivity contribution in [1.82, 2.24) is 8.61 Å². The molecule has 2 fully saturated rings. The number of fused-ring (bicyclic) bond motifs is 1. The predicted molar refractivity (Wildman–Crippen MR) is 174 cm³/mol. The van der Waals surface area contributed by atoms with Crippen LogP contribution in [0.15, 0.2) is 107 Å². The summed E-state index contributed by atoms with van der Waals surface area (Å²) in [6.07, 6.45) is 0.590. The molecule has 4 atom stereocenters. The highest BCUT2D eigenvalue weighted by Crippen LogP contribution is 2.48. The Morgan fingerprint density at radius 2 is 1.30 bits per heavy atom. The van der Waals surface area contributed by atoms with Crippen molar-refractivity contribution in [3.63, 3.8) is 0 Å². The second kappa shape index (κ2) is 12.5. The van der Waals surface area contributed by atoms with Crippen LogP contribution < -0.4 is 0 Å². The van der Waals surface area contributed by atoms with Gasteiger partial charge in [-0.3, -0.25) is 4.79 Å². The van der Waals surface area contributed by atoms with Gasteiger partial charge in [0.25, 0.3) is 0 Å². The van der Waals surface area contributed by atoms with E-state index in [2.05, 4.69) is 0 Å². The number of piperidine rings is 2. The van der Waals surface area contributed by atoms with Crippen LogP contribution in [-0.2, 0) is 31.3 Å². The van der Waals surface area contributed by atoms with Crippen LogP contribution in [0.3, 0.4) is 0 Å². The Morgan fingerprint density at radius 3 is 1.87 bits per heavy atom. The van der Waals surface area contributed by atoms with Gasteiger partial charge < -0.3 is 0 Å². The molecule has 2 unspecified atom stereocenters. The number of hydrogen-bond acceptors (Lipinski definition) is 5. The topological polar surface area (TPSA) is 91.8 Å². The normalized spacial score (nSPS) is 22.8. The van der Waals surface area contributed by atoms with Gasteiger partial charge in [0.2, 0.25) is 20.0 Å². The van der Waals surface area contributed by atoms with Crippen LogP contribution in [-0.4, -0.2) is 43.8 Å². The number of carbonyl (C=O) groups is 1. The van der Waals surface area contributed by atoms with E-state index in [4.69, 9.17) is 0 Å². The number of rotatable bonds is 7. The molecule has 0 aromatic heterocycles. The summed E-state index contributed by atoms with van der Waals surface area (Å²) in [5, 5.41) is 0. The molecule has 7 nitrogen and oxygen atoms in total. The van der Waals surface area contributed by atoms with Crippen LogP contribution in [0.5, 0.6) is 0 Å². The highest BCUT2D eigenvalue weighted by atomic mass is 32.2. The van der Waals surface area contributed by atoms with Crippen molar-refractivity contribution in [2.45, 2.75) is 68.0 Å². The zero-order chi connectivity index (χ0) is 32.8. The number of halogens is 1. The molecular formula is C36H37FN2O5S2. The second-order valence-corrected chi connectivity index (χ2v) is 16.0. The van der Waals surface area contributed by atoms with Crippen molar-refractivity contribution >= 4 is 25.8 Å². The number of ketones is 1. The lowest BCUT2D eigenvalue weighted by Crippen LogP contribution is -2.61. The molecule has 46 heavy (non-hydrogen) atoms. The third kappa shape index (κ3) is 5.83. The summed E-state index contributed by atoms with van der Waals surface area (Å²) in [7, 11) is -8.40. The van der Waals surface area contributed by atoms with E-state index in [1.165, 1.54) is 38.9 Å². The molecule has 0 spiro atoms. The van der Waals surface area contributed by atoms with E-state index in [1.54, 1.807) is 42.5 Å². The van der Waals surface area contributed by atoms with Crippen LogP contribution in [0.2, 0.25) is 0 Å². The van der Waals surface area contributed by atoms with Gasteiger partial charge in [-0.25, -0.2) is 21.2 Å². The molecule has 0 bridgehead atoms. The minimum Gasteiger partial charge on any atom is -0.299 e. The summed E-state index contributed by atoms with van der Waals surface area (Å²) in [5.74, 6) is -1.77. The summed E-state index contributed by atoms with van der Waals surface area (Å²) in [4.78, 5) is 14.1. The molecule has 2 heterocycles. The van der Waals surface area contributed by atoms with Crippen LogP contribution in [0.1, 0.15) is 59.7 Å². The van der Waals surface area contributed by atoms with Gasteiger partial charge in [0, 0.05) is 30.5 Å². The Morgan fingerprint density at radius 1 is 0.739 bits per heavy atom. The zero-order valence-corrected chi connectivity index (χ0v) is 27.6. The summed E-state index contributed by atoms with van der Waals surface area (Å²) >= 11 is 0. The third-order valence-corrected chi connectivity index (χ3v) is 13.2. The molecule has 0 N–H and O–H groups in total. The number of benzene rings is 4. The Hall–Kier alpha value is -3.70. The van der Waals surface area contributed by atoms with Crippen molar-refractivity contribution < 1.29 is 26.0 Å². The summed E-state index contributed by atoms with van der Waals surface area (Å²) in [5.41, 5.74) is 3.65. The van der Waals surface area contributed by atoms with E-state index < -0.39 is 49.9 Å². The maximum Gasteiger partial charge on any atom is 0.243 e. The van der Waals surface area contributed by atoms with Crippen LogP contribution in [0.25, 0.3) is 0 Å².